The van der Waals surface area contributed by atoms with Crippen LogP contribution in [0, 0.1) is 0 Å². The monoisotopic (exact) mass is 315 g/mol. The van der Waals surface area contributed by atoms with Gasteiger partial charge in [0.25, 0.3) is 0 Å². The van der Waals surface area contributed by atoms with E-state index < -0.39 is 0 Å². The SMILES string of the molecule is CC1CCc2ccccc2N1C(N)=Nc1cccc2ccccc12. The number of fused-ring (bicyclic) bond motifs is 2. The maximum Gasteiger partial charge on any atom is 0.201 e. The van der Waals surface area contributed by atoms with E-state index in [1.165, 1.54) is 16.6 Å². The van der Waals surface area contributed by atoms with E-state index in [1.54, 1.807) is 0 Å². The first-order valence-electron chi connectivity index (χ1n) is 8.43. The Bertz CT molecular complexity index is 908. The van der Waals surface area contributed by atoms with Gasteiger partial charge in [-0.05, 0) is 42.8 Å². The van der Waals surface area contributed by atoms with Gasteiger partial charge < -0.3 is 10.6 Å². The molecule has 0 fully saturated rings. The third-order valence-electron chi connectivity index (χ3n) is 4.77. The minimum atomic E-state index is 0.346. The predicted octanol–water partition coefficient (Wildman–Crippen LogP) is 4.63. The smallest absolute Gasteiger partial charge is 0.201 e. The third kappa shape index (κ3) is 2.52. The highest BCUT2D eigenvalue weighted by Gasteiger charge is 2.25. The van der Waals surface area contributed by atoms with Gasteiger partial charge >= 0.3 is 0 Å². The molecule has 0 aromatic heterocycles. The molecule has 0 spiro atoms. The highest BCUT2D eigenvalue weighted by molar-refractivity contribution is 6.01. The van der Waals surface area contributed by atoms with Crippen molar-refractivity contribution < 1.29 is 0 Å². The van der Waals surface area contributed by atoms with Crippen LogP contribution < -0.4 is 10.6 Å². The van der Waals surface area contributed by atoms with Crippen LogP contribution in [0.2, 0.25) is 0 Å². The molecule has 3 heteroatoms. The molecule has 1 aliphatic rings. The first-order chi connectivity index (χ1) is 11.7. The topological polar surface area (TPSA) is 41.6 Å². The summed E-state index contributed by atoms with van der Waals surface area (Å²) in [4.78, 5) is 6.95. The van der Waals surface area contributed by atoms with Crippen LogP contribution >= 0.6 is 0 Å². The molecular weight excluding hydrogens is 294 g/mol. The van der Waals surface area contributed by atoms with Gasteiger partial charge in [0.1, 0.15) is 0 Å². The molecule has 3 aromatic rings. The Morgan fingerprint density at radius 3 is 2.67 bits per heavy atom. The van der Waals surface area contributed by atoms with Crippen LogP contribution in [0.4, 0.5) is 11.4 Å². The summed E-state index contributed by atoms with van der Waals surface area (Å²) in [6, 6.07) is 23.2. The number of para-hydroxylation sites is 1. The maximum atomic E-state index is 6.45. The predicted molar refractivity (Wildman–Crippen MR) is 102 cm³/mol. The van der Waals surface area contributed by atoms with Crippen molar-refractivity contribution in [3.8, 4) is 0 Å². The second-order valence-electron chi connectivity index (χ2n) is 6.35. The maximum absolute atomic E-state index is 6.45. The fourth-order valence-electron chi connectivity index (χ4n) is 3.52. The second-order valence-corrected chi connectivity index (χ2v) is 6.35. The van der Waals surface area contributed by atoms with Crippen LogP contribution in [-0.2, 0) is 6.42 Å². The minimum absolute atomic E-state index is 0.346. The number of aliphatic imine (C=N–C) groups is 1. The van der Waals surface area contributed by atoms with E-state index in [0.717, 1.165) is 23.9 Å². The molecule has 1 atom stereocenters. The molecule has 0 aliphatic carbocycles. The Kier molecular flexibility index (Phi) is 3.69. The van der Waals surface area contributed by atoms with Crippen molar-refractivity contribution in [1.82, 2.24) is 0 Å². The molecule has 2 N–H and O–H groups in total. The van der Waals surface area contributed by atoms with Gasteiger partial charge in [0.15, 0.2) is 0 Å². The van der Waals surface area contributed by atoms with Gasteiger partial charge in [-0.2, -0.15) is 0 Å². The van der Waals surface area contributed by atoms with E-state index >= 15 is 0 Å². The first-order valence-corrected chi connectivity index (χ1v) is 8.43. The van der Waals surface area contributed by atoms with E-state index in [4.69, 9.17) is 10.7 Å². The summed E-state index contributed by atoms with van der Waals surface area (Å²) in [5, 5.41) is 2.31. The summed E-state index contributed by atoms with van der Waals surface area (Å²) in [5.41, 5.74) is 9.89. The molecule has 120 valence electrons. The molecule has 3 nitrogen and oxygen atoms in total. The number of guanidine groups is 1. The first kappa shape index (κ1) is 14.8. The Morgan fingerprint density at radius 2 is 1.75 bits per heavy atom. The quantitative estimate of drug-likeness (QED) is 0.525. The lowest BCUT2D eigenvalue weighted by molar-refractivity contribution is 0.626. The Labute approximate surface area is 142 Å². The lowest BCUT2D eigenvalue weighted by Crippen LogP contribution is -2.46. The van der Waals surface area contributed by atoms with Gasteiger partial charge in [0.2, 0.25) is 5.96 Å². The van der Waals surface area contributed by atoms with Crippen molar-refractivity contribution in [3.63, 3.8) is 0 Å². The van der Waals surface area contributed by atoms with Gasteiger partial charge in [-0.25, -0.2) is 4.99 Å². The van der Waals surface area contributed by atoms with E-state index in [1.807, 2.05) is 24.3 Å². The molecule has 3 aromatic carbocycles. The fraction of sp³-hybridized carbons (Fsp3) is 0.190. The van der Waals surface area contributed by atoms with Gasteiger partial charge in [0, 0.05) is 17.1 Å². The van der Waals surface area contributed by atoms with Crippen molar-refractivity contribution in [2.45, 2.75) is 25.8 Å². The number of aryl methyl sites for hydroxylation is 1. The molecule has 0 saturated carbocycles. The molecule has 1 unspecified atom stereocenters. The molecule has 24 heavy (non-hydrogen) atoms. The van der Waals surface area contributed by atoms with E-state index in [0.29, 0.717) is 12.0 Å². The van der Waals surface area contributed by atoms with Gasteiger partial charge in [-0.3, -0.25) is 0 Å². The van der Waals surface area contributed by atoms with E-state index in [9.17, 15) is 0 Å². The van der Waals surface area contributed by atoms with Crippen LogP contribution in [0.1, 0.15) is 18.9 Å². The van der Waals surface area contributed by atoms with E-state index in [2.05, 4.69) is 54.3 Å². The van der Waals surface area contributed by atoms with Crippen molar-refractivity contribution in [3.05, 3.63) is 72.3 Å². The molecule has 1 heterocycles. The van der Waals surface area contributed by atoms with Crippen LogP contribution in [0.5, 0.6) is 0 Å². The Hall–Kier alpha value is -2.81. The fourth-order valence-corrected chi connectivity index (χ4v) is 3.52. The number of nitrogens with two attached hydrogens (primary N) is 1. The van der Waals surface area contributed by atoms with Gasteiger partial charge in [-0.1, -0.05) is 54.6 Å². The Balaban J connectivity index is 1.80. The van der Waals surface area contributed by atoms with E-state index in [-0.39, 0.29) is 0 Å². The molecule has 0 amide bonds. The molecule has 0 bridgehead atoms. The summed E-state index contributed by atoms with van der Waals surface area (Å²) in [7, 11) is 0. The van der Waals surface area contributed by atoms with Gasteiger partial charge in [-0.15, -0.1) is 0 Å². The summed E-state index contributed by atoms with van der Waals surface area (Å²) in [5.74, 6) is 0.561. The van der Waals surface area contributed by atoms with Crippen molar-refractivity contribution in [2.75, 3.05) is 4.90 Å². The zero-order valence-electron chi connectivity index (χ0n) is 13.8. The average Bonchev–Trinajstić information content (AvgIpc) is 2.62. The third-order valence-corrected chi connectivity index (χ3v) is 4.77. The summed E-state index contributed by atoms with van der Waals surface area (Å²) in [6.07, 6.45) is 2.18. The molecule has 4 rings (SSSR count). The number of nitrogens with zero attached hydrogens (tertiary/aromatic N) is 2. The highest BCUT2D eigenvalue weighted by atomic mass is 15.3. The van der Waals surface area contributed by atoms with Crippen LogP contribution in [-0.4, -0.2) is 12.0 Å². The standard InChI is InChI=1S/C21H21N3/c1-15-13-14-17-8-3-5-12-20(17)24(15)21(22)23-19-11-6-9-16-7-2-4-10-18(16)19/h2-12,15H,13-14H2,1H3,(H2,22,23). The number of benzene rings is 3. The average molecular weight is 315 g/mol. The van der Waals surface area contributed by atoms with Gasteiger partial charge in [0.05, 0.1) is 5.69 Å². The zero-order chi connectivity index (χ0) is 16.5. The normalized spacial score (nSPS) is 17.8. The Morgan fingerprint density at radius 1 is 1.00 bits per heavy atom. The number of anilines is 1. The van der Waals surface area contributed by atoms with Crippen molar-refractivity contribution in [2.24, 2.45) is 10.7 Å². The molecule has 0 saturated heterocycles. The van der Waals surface area contributed by atoms with Crippen LogP contribution in [0.3, 0.4) is 0 Å². The number of hydrogen-bond acceptors (Lipinski definition) is 1. The molecule has 0 radical (unpaired) electrons. The van der Waals surface area contributed by atoms with Crippen LogP contribution in [0.25, 0.3) is 10.8 Å². The zero-order valence-corrected chi connectivity index (χ0v) is 13.8. The number of rotatable bonds is 1. The lowest BCUT2D eigenvalue weighted by atomic mass is 9.97. The summed E-state index contributed by atoms with van der Waals surface area (Å²) < 4.78 is 0. The molecule has 1 aliphatic heterocycles. The number of hydrogen-bond donors (Lipinski definition) is 1. The minimum Gasteiger partial charge on any atom is -0.369 e. The van der Waals surface area contributed by atoms with Crippen LogP contribution in [0.15, 0.2) is 71.7 Å². The largest absolute Gasteiger partial charge is 0.369 e. The van der Waals surface area contributed by atoms with Crippen molar-refractivity contribution in [1.29, 1.82) is 0 Å². The highest BCUT2D eigenvalue weighted by Crippen LogP contribution is 2.31. The summed E-state index contributed by atoms with van der Waals surface area (Å²) >= 11 is 0. The lowest BCUT2D eigenvalue weighted by Gasteiger charge is -2.36. The molecular formula is C21H21N3. The van der Waals surface area contributed by atoms with Crippen molar-refractivity contribution >= 4 is 28.1 Å². The summed E-state index contributed by atoms with van der Waals surface area (Å²) in [6.45, 7) is 2.21. The second kappa shape index (κ2) is 6.00.